The topological polar surface area (TPSA) is 144 Å². The Kier molecular flexibility index (Phi) is 5.48. The Bertz CT molecular complexity index is 556. The maximum Gasteiger partial charge on any atom is 0.329 e. The number of carbonyl (C=O) groups is 2. The van der Waals surface area contributed by atoms with Crippen LogP contribution in [0.1, 0.15) is 12.8 Å². The van der Waals surface area contributed by atoms with E-state index < -0.39 is 44.1 Å². The Balaban J connectivity index is 3.08. The zero-order valence-corrected chi connectivity index (χ0v) is 11.9. The van der Waals surface area contributed by atoms with Gasteiger partial charge in [0, 0.05) is 5.69 Å². The summed E-state index contributed by atoms with van der Waals surface area (Å²) in [6, 6.07) is 8.02. The smallest absolute Gasteiger partial charge is 0.329 e. The average molecular weight is 317 g/mol. The highest BCUT2D eigenvalue weighted by Gasteiger charge is 2.42. The minimum Gasteiger partial charge on any atom is -0.481 e. The van der Waals surface area contributed by atoms with Gasteiger partial charge in [-0.25, -0.2) is 4.79 Å². The van der Waals surface area contributed by atoms with E-state index in [2.05, 4.69) is 5.32 Å². The predicted molar refractivity (Wildman–Crippen MR) is 74.2 cm³/mol. The summed E-state index contributed by atoms with van der Waals surface area (Å²) in [6.45, 7) is 0. The van der Waals surface area contributed by atoms with Gasteiger partial charge in [-0.1, -0.05) is 18.2 Å². The van der Waals surface area contributed by atoms with Crippen LogP contribution in [-0.2, 0) is 14.2 Å². The molecule has 0 aliphatic heterocycles. The molecule has 0 spiro atoms. The van der Waals surface area contributed by atoms with Crippen molar-refractivity contribution < 1.29 is 34.2 Å². The Morgan fingerprint density at radius 3 is 2.14 bits per heavy atom. The molecule has 21 heavy (non-hydrogen) atoms. The molecular formula is C12H16NO7P. The molecule has 0 aromatic heterocycles. The van der Waals surface area contributed by atoms with E-state index in [4.69, 9.17) is 14.9 Å². The van der Waals surface area contributed by atoms with Crippen LogP contribution in [0.2, 0.25) is 0 Å². The molecule has 0 bridgehead atoms. The first-order chi connectivity index (χ1) is 9.65. The number of aliphatic carboxylic acids is 2. The average Bonchev–Trinajstić information content (AvgIpc) is 2.35. The summed E-state index contributed by atoms with van der Waals surface area (Å²) >= 11 is 0. The van der Waals surface area contributed by atoms with Crippen molar-refractivity contribution in [1.82, 2.24) is 0 Å². The maximum atomic E-state index is 11.5. The number of hydrogen-bond acceptors (Lipinski definition) is 4. The second-order valence-electron chi connectivity index (χ2n) is 4.59. The van der Waals surface area contributed by atoms with Gasteiger partial charge in [-0.15, -0.1) is 0 Å². The van der Waals surface area contributed by atoms with Crippen LogP contribution >= 0.6 is 7.60 Å². The highest BCUT2D eigenvalue weighted by Crippen LogP contribution is 2.38. The number of para-hydroxylation sites is 1. The van der Waals surface area contributed by atoms with E-state index in [1.54, 1.807) is 18.2 Å². The minimum atomic E-state index is -4.45. The zero-order chi connectivity index (χ0) is 16.1. The van der Waals surface area contributed by atoms with Crippen molar-refractivity contribution in [3.63, 3.8) is 0 Å². The van der Waals surface area contributed by atoms with Crippen LogP contribution in [0.25, 0.3) is 0 Å². The van der Waals surface area contributed by atoms with Crippen molar-refractivity contribution in [3.8, 4) is 0 Å². The van der Waals surface area contributed by atoms with Crippen LogP contribution in [0, 0.1) is 0 Å². The fraction of sp³-hybridized carbons (Fsp3) is 0.333. The number of anilines is 1. The lowest BCUT2D eigenvalue weighted by atomic mass is 9.91. The van der Waals surface area contributed by atoms with Gasteiger partial charge in [0.25, 0.3) is 0 Å². The van der Waals surface area contributed by atoms with Crippen LogP contribution in [0.15, 0.2) is 30.3 Å². The van der Waals surface area contributed by atoms with Crippen molar-refractivity contribution >= 4 is 25.2 Å². The molecule has 116 valence electrons. The number of nitrogens with one attached hydrogen (secondary N) is 1. The van der Waals surface area contributed by atoms with Gasteiger partial charge >= 0.3 is 19.5 Å². The normalized spacial score (nSPS) is 14.2. The van der Waals surface area contributed by atoms with E-state index in [1.165, 1.54) is 12.1 Å². The molecule has 1 unspecified atom stereocenters. The highest BCUT2D eigenvalue weighted by atomic mass is 31.2. The van der Waals surface area contributed by atoms with Gasteiger partial charge in [0.2, 0.25) is 0 Å². The van der Waals surface area contributed by atoms with Crippen molar-refractivity contribution in [2.45, 2.75) is 18.4 Å². The first-order valence-electron chi connectivity index (χ1n) is 5.98. The molecule has 0 saturated carbocycles. The third-order valence-corrected chi connectivity index (χ3v) is 3.66. The molecule has 0 aliphatic rings. The third-order valence-electron chi connectivity index (χ3n) is 2.85. The minimum absolute atomic E-state index is 0.354. The van der Waals surface area contributed by atoms with Crippen molar-refractivity contribution in [1.29, 1.82) is 0 Å². The Hall–Kier alpha value is -1.89. The molecule has 1 aromatic carbocycles. The summed E-state index contributed by atoms with van der Waals surface area (Å²) in [4.78, 5) is 40.2. The van der Waals surface area contributed by atoms with Gasteiger partial charge < -0.3 is 25.3 Å². The van der Waals surface area contributed by atoms with Crippen LogP contribution in [-0.4, -0.2) is 43.6 Å². The number of rotatable bonds is 8. The fourth-order valence-corrected chi connectivity index (χ4v) is 2.50. The summed E-state index contributed by atoms with van der Waals surface area (Å²) in [7, 11) is -4.45. The Morgan fingerprint density at radius 1 is 1.14 bits per heavy atom. The SMILES string of the molecule is O=C(O)CC(CCP(=O)(O)O)(Nc1ccccc1)C(=O)O. The van der Waals surface area contributed by atoms with Gasteiger partial charge in [-0.05, 0) is 18.6 Å². The molecule has 0 aliphatic carbocycles. The standard InChI is InChI=1S/C12H16NO7P/c14-10(15)8-12(11(16)17,6-7-21(18,19)20)13-9-4-2-1-3-5-9/h1-5,13H,6-8H2,(H,14,15)(H,16,17)(H2,18,19,20). The van der Waals surface area contributed by atoms with E-state index in [0.29, 0.717) is 5.69 Å². The lowest BCUT2D eigenvalue weighted by Gasteiger charge is -2.30. The molecule has 8 nitrogen and oxygen atoms in total. The van der Waals surface area contributed by atoms with Gasteiger partial charge in [-0.3, -0.25) is 9.36 Å². The zero-order valence-electron chi connectivity index (χ0n) is 11.0. The summed E-state index contributed by atoms with van der Waals surface area (Å²) < 4.78 is 11.0. The lowest BCUT2D eigenvalue weighted by molar-refractivity contribution is -0.149. The van der Waals surface area contributed by atoms with Crippen molar-refractivity contribution in [2.75, 3.05) is 11.5 Å². The molecular weight excluding hydrogens is 301 g/mol. The molecule has 0 amide bonds. The van der Waals surface area contributed by atoms with Crippen LogP contribution in [0.5, 0.6) is 0 Å². The van der Waals surface area contributed by atoms with Crippen molar-refractivity contribution in [2.24, 2.45) is 0 Å². The van der Waals surface area contributed by atoms with E-state index in [-0.39, 0.29) is 0 Å². The van der Waals surface area contributed by atoms with Crippen LogP contribution in [0.3, 0.4) is 0 Å². The van der Waals surface area contributed by atoms with E-state index in [0.717, 1.165) is 0 Å². The molecule has 1 atom stereocenters. The van der Waals surface area contributed by atoms with Crippen LogP contribution in [0.4, 0.5) is 5.69 Å². The largest absolute Gasteiger partial charge is 0.481 e. The molecule has 1 rings (SSSR count). The summed E-state index contributed by atoms with van der Waals surface area (Å²) in [5.41, 5.74) is -1.64. The van der Waals surface area contributed by atoms with E-state index in [1.807, 2.05) is 0 Å². The summed E-state index contributed by atoms with van der Waals surface area (Å²) in [6.07, 6.45) is -2.06. The first-order valence-corrected chi connectivity index (χ1v) is 7.77. The Morgan fingerprint density at radius 2 is 1.71 bits per heavy atom. The summed E-state index contributed by atoms with van der Waals surface area (Å²) in [5.74, 6) is -2.87. The molecule has 0 saturated heterocycles. The maximum absolute atomic E-state index is 11.5. The number of carboxylic acids is 2. The Labute approximate surface area is 120 Å². The molecule has 0 fully saturated rings. The van der Waals surface area contributed by atoms with Gasteiger partial charge in [-0.2, -0.15) is 0 Å². The molecule has 5 N–H and O–H groups in total. The van der Waals surface area contributed by atoms with Crippen molar-refractivity contribution in [3.05, 3.63) is 30.3 Å². The first kappa shape index (κ1) is 17.2. The van der Waals surface area contributed by atoms with Gasteiger partial charge in [0.05, 0.1) is 12.6 Å². The summed E-state index contributed by atoms with van der Waals surface area (Å²) in [5, 5.41) is 20.8. The van der Waals surface area contributed by atoms with Gasteiger partial charge in [0.15, 0.2) is 0 Å². The van der Waals surface area contributed by atoms with E-state index >= 15 is 0 Å². The second kappa shape index (κ2) is 6.71. The van der Waals surface area contributed by atoms with Gasteiger partial charge in [0.1, 0.15) is 5.54 Å². The third kappa shape index (κ3) is 5.55. The molecule has 0 radical (unpaired) electrons. The second-order valence-corrected chi connectivity index (χ2v) is 6.36. The monoisotopic (exact) mass is 317 g/mol. The molecule has 1 aromatic rings. The fourth-order valence-electron chi connectivity index (χ4n) is 1.82. The lowest BCUT2D eigenvalue weighted by Crippen LogP contribution is -2.48. The highest BCUT2D eigenvalue weighted by molar-refractivity contribution is 7.51. The number of benzene rings is 1. The number of hydrogen-bond donors (Lipinski definition) is 5. The molecule has 9 heteroatoms. The molecule has 0 heterocycles. The number of carboxylic acid groups (broad SMARTS) is 2. The quantitative estimate of drug-likeness (QED) is 0.446. The van der Waals surface area contributed by atoms with Crippen LogP contribution < -0.4 is 5.32 Å². The van der Waals surface area contributed by atoms with E-state index in [9.17, 15) is 19.3 Å². The predicted octanol–water partition coefficient (Wildman–Crippen LogP) is 0.964.